The van der Waals surface area contributed by atoms with Crippen molar-refractivity contribution in [2.45, 2.75) is 27.2 Å². The summed E-state index contributed by atoms with van der Waals surface area (Å²) in [4.78, 5) is 14.4. The monoisotopic (exact) mass is 341 g/mol. The standard InChI is InChI=1S/C20H27N3O2/c1-4-15-7-10-17(11-8-15)25-14-20(24)22-18-13-16(21)9-12-19(18)23(5-2)6-3/h7-13H,4-6,14,21H2,1-3H3,(H,22,24). The number of carbonyl (C=O) groups is 1. The summed E-state index contributed by atoms with van der Waals surface area (Å²) < 4.78 is 5.57. The van der Waals surface area contributed by atoms with Crippen molar-refractivity contribution in [3.8, 4) is 5.75 Å². The minimum absolute atomic E-state index is 0.0437. The Hall–Kier alpha value is -2.69. The van der Waals surface area contributed by atoms with Gasteiger partial charge in [0, 0.05) is 18.8 Å². The third-order valence-corrected chi connectivity index (χ3v) is 4.10. The molecule has 1 amide bonds. The maximum atomic E-state index is 12.3. The minimum Gasteiger partial charge on any atom is -0.484 e. The maximum Gasteiger partial charge on any atom is 0.262 e. The van der Waals surface area contributed by atoms with Crippen LogP contribution < -0.4 is 20.7 Å². The third-order valence-electron chi connectivity index (χ3n) is 4.10. The van der Waals surface area contributed by atoms with Crippen LogP contribution in [0.5, 0.6) is 5.75 Å². The Morgan fingerprint density at radius 1 is 1.08 bits per heavy atom. The number of benzene rings is 2. The molecule has 0 radical (unpaired) electrons. The van der Waals surface area contributed by atoms with E-state index in [1.807, 2.05) is 36.4 Å². The summed E-state index contributed by atoms with van der Waals surface area (Å²) in [5.41, 5.74) is 9.39. The highest BCUT2D eigenvalue weighted by Gasteiger charge is 2.12. The van der Waals surface area contributed by atoms with Gasteiger partial charge in [-0.25, -0.2) is 0 Å². The van der Waals surface area contributed by atoms with Crippen LogP contribution in [-0.2, 0) is 11.2 Å². The first kappa shape index (κ1) is 18.6. The molecule has 25 heavy (non-hydrogen) atoms. The SMILES string of the molecule is CCc1ccc(OCC(=O)Nc2cc(N)ccc2N(CC)CC)cc1. The van der Waals surface area contributed by atoms with Gasteiger partial charge in [-0.15, -0.1) is 0 Å². The third kappa shape index (κ3) is 5.14. The molecule has 0 aliphatic rings. The van der Waals surface area contributed by atoms with E-state index >= 15 is 0 Å². The van der Waals surface area contributed by atoms with Crippen molar-refractivity contribution in [3.05, 3.63) is 48.0 Å². The first-order valence-corrected chi connectivity index (χ1v) is 8.73. The van der Waals surface area contributed by atoms with Gasteiger partial charge in [0.05, 0.1) is 11.4 Å². The van der Waals surface area contributed by atoms with Crippen LogP contribution in [0.25, 0.3) is 0 Å². The van der Waals surface area contributed by atoms with Crippen LogP contribution in [-0.4, -0.2) is 25.6 Å². The number of carbonyl (C=O) groups excluding carboxylic acids is 1. The van der Waals surface area contributed by atoms with E-state index in [-0.39, 0.29) is 12.5 Å². The zero-order valence-electron chi connectivity index (χ0n) is 15.2. The van der Waals surface area contributed by atoms with E-state index in [1.54, 1.807) is 6.07 Å². The molecule has 0 saturated carbocycles. The van der Waals surface area contributed by atoms with Crippen molar-refractivity contribution in [2.75, 3.05) is 35.6 Å². The van der Waals surface area contributed by atoms with Gasteiger partial charge < -0.3 is 20.7 Å². The Morgan fingerprint density at radius 2 is 1.76 bits per heavy atom. The van der Waals surface area contributed by atoms with E-state index in [1.165, 1.54) is 5.56 Å². The van der Waals surface area contributed by atoms with Gasteiger partial charge in [-0.2, -0.15) is 0 Å². The lowest BCUT2D eigenvalue weighted by molar-refractivity contribution is -0.118. The molecule has 0 unspecified atom stereocenters. The van der Waals surface area contributed by atoms with Crippen LogP contribution in [0, 0.1) is 0 Å². The van der Waals surface area contributed by atoms with Crippen LogP contribution in [0.3, 0.4) is 0 Å². The van der Waals surface area contributed by atoms with Crippen LogP contribution in [0.15, 0.2) is 42.5 Å². The Balaban J connectivity index is 2.02. The van der Waals surface area contributed by atoms with E-state index in [4.69, 9.17) is 10.5 Å². The zero-order valence-corrected chi connectivity index (χ0v) is 15.2. The number of amides is 1. The number of ether oxygens (including phenoxy) is 1. The van der Waals surface area contributed by atoms with Crippen molar-refractivity contribution in [1.82, 2.24) is 0 Å². The molecule has 0 heterocycles. The Kier molecular flexibility index (Phi) is 6.69. The molecule has 2 rings (SSSR count). The molecule has 5 nitrogen and oxygen atoms in total. The molecule has 0 atom stereocenters. The highest BCUT2D eigenvalue weighted by atomic mass is 16.5. The Bertz CT molecular complexity index is 695. The first-order chi connectivity index (χ1) is 12.1. The lowest BCUT2D eigenvalue weighted by Crippen LogP contribution is -2.26. The normalized spacial score (nSPS) is 10.4. The van der Waals surface area contributed by atoms with Gasteiger partial charge in [0.25, 0.3) is 5.91 Å². The Labute approximate surface area is 149 Å². The summed E-state index contributed by atoms with van der Waals surface area (Å²) in [5, 5.41) is 2.91. The smallest absolute Gasteiger partial charge is 0.262 e. The molecular formula is C20H27N3O2. The van der Waals surface area contributed by atoms with Crippen LogP contribution in [0.1, 0.15) is 26.3 Å². The van der Waals surface area contributed by atoms with Crippen molar-refractivity contribution >= 4 is 23.0 Å². The topological polar surface area (TPSA) is 67.6 Å². The molecule has 0 saturated heterocycles. The van der Waals surface area contributed by atoms with Crippen LogP contribution in [0.2, 0.25) is 0 Å². The van der Waals surface area contributed by atoms with E-state index in [0.29, 0.717) is 17.1 Å². The maximum absolute atomic E-state index is 12.3. The Morgan fingerprint density at radius 3 is 2.36 bits per heavy atom. The molecule has 5 heteroatoms. The average molecular weight is 341 g/mol. The molecular weight excluding hydrogens is 314 g/mol. The summed E-state index contributed by atoms with van der Waals surface area (Å²) in [7, 11) is 0. The van der Waals surface area contributed by atoms with E-state index < -0.39 is 0 Å². The lowest BCUT2D eigenvalue weighted by Gasteiger charge is -2.24. The van der Waals surface area contributed by atoms with Crippen molar-refractivity contribution < 1.29 is 9.53 Å². The molecule has 0 aromatic heterocycles. The fourth-order valence-electron chi connectivity index (χ4n) is 2.65. The second kappa shape index (κ2) is 8.97. The molecule has 2 aromatic carbocycles. The largest absolute Gasteiger partial charge is 0.484 e. The van der Waals surface area contributed by atoms with Crippen LogP contribution >= 0.6 is 0 Å². The van der Waals surface area contributed by atoms with Crippen molar-refractivity contribution in [2.24, 2.45) is 0 Å². The van der Waals surface area contributed by atoms with Gasteiger partial charge in [-0.05, 0) is 56.2 Å². The molecule has 0 aliphatic carbocycles. The number of nitrogens with one attached hydrogen (secondary N) is 1. The summed E-state index contributed by atoms with van der Waals surface area (Å²) >= 11 is 0. The number of hydrogen-bond donors (Lipinski definition) is 2. The molecule has 0 bridgehead atoms. The molecule has 3 N–H and O–H groups in total. The van der Waals surface area contributed by atoms with Gasteiger partial charge in [0.2, 0.25) is 0 Å². The van der Waals surface area contributed by atoms with Crippen LogP contribution in [0.4, 0.5) is 17.1 Å². The molecule has 2 aromatic rings. The summed E-state index contributed by atoms with van der Waals surface area (Å²) in [6.45, 7) is 7.91. The fourth-order valence-corrected chi connectivity index (χ4v) is 2.65. The zero-order chi connectivity index (χ0) is 18.2. The van der Waals surface area contributed by atoms with Crippen molar-refractivity contribution in [3.63, 3.8) is 0 Å². The number of nitrogens with two attached hydrogens (primary N) is 1. The fraction of sp³-hybridized carbons (Fsp3) is 0.350. The van der Waals surface area contributed by atoms with E-state index in [2.05, 4.69) is 31.0 Å². The molecule has 0 fully saturated rings. The highest BCUT2D eigenvalue weighted by molar-refractivity contribution is 5.96. The van der Waals surface area contributed by atoms with Gasteiger partial charge in [-0.1, -0.05) is 19.1 Å². The summed E-state index contributed by atoms with van der Waals surface area (Å²) in [6, 6.07) is 13.3. The average Bonchev–Trinajstić information content (AvgIpc) is 2.63. The summed E-state index contributed by atoms with van der Waals surface area (Å²) in [5.74, 6) is 0.475. The van der Waals surface area contributed by atoms with E-state index in [0.717, 1.165) is 25.2 Å². The number of nitrogen functional groups attached to an aromatic ring is 1. The number of aryl methyl sites for hydroxylation is 1. The number of hydrogen-bond acceptors (Lipinski definition) is 4. The summed E-state index contributed by atoms with van der Waals surface area (Å²) in [6.07, 6.45) is 0.977. The van der Waals surface area contributed by atoms with Gasteiger partial charge in [0.1, 0.15) is 5.75 Å². The molecule has 134 valence electrons. The first-order valence-electron chi connectivity index (χ1n) is 8.73. The highest BCUT2D eigenvalue weighted by Crippen LogP contribution is 2.28. The second-order valence-corrected chi connectivity index (χ2v) is 5.78. The molecule has 0 spiro atoms. The predicted molar refractivity (Wildman–Crippen MR) is 104 cm³/mol. The van der Waals surface area contributed by atoms with E-state index in [9.17, 15) is 4.79 Å². The quantitative estimate of drug-likeness (QED) is 0.719. The van der Waals surface area contributed by atoms with Gasteiger partial charge >= 0.3 is 0 Å². The van der Waals surface area contributed by atoms with Gasteiger partial charge in [-0.3, -0.25) is 4.79 Å². The number of nitrogens with zero attached hydrogens (tertiary/aromatic N) is 1. The molecule has 0 aliphatic heterocycles. The number of anilines is 3. The predicted octanol–water partition coefficient (Wildman–Crippen LogP) is 3.69. The second-order valence-electron chi connectivity index (χ2n) is 5.78. The van der Waals surface area contributed by atoms with Gasteiger partial charge in [0.15, 0.2) is 6.61 Å². The lowest BCUT2D eigenvalue weighted by atomic mass is 10.2. The minimum atomic E-state index is -0.210. The number of rotatable bonds is 8. The van der Waals surface area contributed by atoms with Crippen molar-refractivity contribution in [1.29, 1.82) is 0 Å².